The summed E-state index contributed by atoms with van der Waals surface area (Å²) in [6.45, 7) is -0.0699. The van der Waals surface area contributed by atoms with Crippen LogP contribution in [-0.4, -0.2) is 0 Å². The number of anilines is 1. The fraction of sp³-hybridized carbons (Fsp3) is 0.0714. The zero-order valence-electron chi connectivity index (χ0n) is 10.1. The van der Waals surface area contributed by atoms with Gasteiger partial charge in [0, 0.05) is 16.6 Å². The molecule has 0 spiro atoms. The van der Waals surface area contributed by atoms with Crippen molar-refractivity contribution >= 4 is 33.2 Å². The quantitative estimate of drug-likeness (QED) is 0.851. The highest BCUT2D eigenvalue weighted by atomic mass is 79.9. The number of benzene rings is 2. The Morgan fingerprint density at radius 3 is 2.45 bits per heavy atom. The smallest absolute Gasteiger partial charge is 0.132 e. The second-order valence-corrected chi connectivity index (χ2v) is 5.33. The molecule has 0 aliphatic rings. The molecule has 2 aromatic carbocycles. The molecular formula is C14H8BrClF2N2. The van der Waals surface area contributed by atoms with Gasteiger partial charge in [0.05, 0.1) is 22.3 Å². The van der Waals surface area contributed by atoms with Gasteiger partial charge in [-0.15, -0.1) is 0 Å². The van der Waals surface area contributed by atoms with Crippen LogP contribution in [0.15, 0.2) is 34.8 Å². The molecule has 0 aliphatic carbocycles. The van der Waals surface area contributed by atoms with Gasteiger partial charge in [-0.1, -0.05) is 27.5 Å². The molecule has 0 fully saturated rings. The first-order valence-corrected chi connectivity index (χ1v) is 6.75. The van der Waals surface area contributed by atoms with Gasteiger partial charge in [-0.05, 0) is 30.3 Å². The standard InChI is InChI=1S/C14H8BrClF2N2/c15-9-1-2-11(16)14(5-9)20-7-10-12(17)3-8(6-19)4-13(10)18/h1-5,20H,7H2. The van der Waals surface area contributed by atoms with Crippen LogP contribution in [0.5, 0.6) is 0 Å². The van der Waals surface area contributed by atoms with Gasteiger partial charge in [-0.3, -0.25) is 0 Å². The zero-order chi connectivity index (χ0) is 14.7. The summed E-state index contributed by atoms with van der Waals surface area (Å²) >= 11 is 9.26. The maximum Gasteiger partial charge on any atom is 0.132 e. The molecule has 0 aliphatic heterocycles. The van der Waals surface area contributed by atoms with E-state index in [2.05, 4.69) is 21.2 Å². The number of hydrogen-bond donors (Lipinski definition) is 1. The zero-order valence-corrected chi connectivity index (χ0v) is 12.4. The summed E-state index contributed by atoms with van der Waals surface area (Å²) in [4.78, 5) is 0. The van der Waals surface area contributed by atoms with Crippen LogP contribution in [0, 0.1) is 23.0 Å². The summed E-state index contributed by atoms with van der Waals surface area (Å²) in [5.74, 6) is -1.53. The van der Waals surface area contributed by atoms with Crippen LogP contribution in [0.4, 0.5) is 14.5 Å². The maximum absolute atomic E-state index is 13.7. The average Bonchev–Trinajstić information content (AvgIpc) is 2.41. The molecule has 0 saturated heterocycles. The van der Waals surface area contributed by atoms with Gasteiger partial charge in [0.15, 0.2) is 0 Å². The van der Waals surface area contributed by atoms with Crippen molar-refractivity contribution in [3.05, 3.63) is 62.6 Å². The van der Waals surface area contributed by atoms with Gasteiger partial charge in [0.25, 0.3) is 0 Å². The molecule has 2 nitrogen and oxygen atoms in total. The minimum Gasteiger partial charge on any atom is -0.380 e. The number of halogens is 4. The number of nitrogens with one attached hydrogen (secondary N) is 1. The molecule has 0 aromatic heterocycles. The van der Waals surface area contributed by atoms with E-state index < -0.39 is 11.6 Å². The Kier molecular flexibility index (Phi) is 4.58. The van der Waals surface area contributed by atoms with Crippen molar-refractivity contribution < 1.29 is 8.78 Å². The highest BCUT2D eigenvalue weighted by Gasteiger charge is 2.11. The highest BCUT2D eigenvalue weighted by Crippen LogP contribution is 2.26. The van der Waals surface area contributed by atoms with E-state index in [0.29, 0.717) is 10.7 Å². The van der Waals surface area contributed by atoms with Crippen LogP contribution >= 0.6 is 27.5 Å². The number of hydrogen-bond acceptors (Lipinski definition) is 2. The number of nitriles is 1. The maximum atomic E-state index is 13.7. The molecule has 0 unspecified atom stereocenters. The lowest BCUT2D eigenvalue weighted by Crippen LogP contribution is -2.05. The predicted octanol–water partition coefficient (Wildman–Crippen LogP) is 4.86. The van der Waals surface area contributed by atoms with Gasteiger partial charge in [-0.2, -0.15) is 5.26 Å². The highest BCUT2D eigenvalue weighted by molar-refractivity contribution is 9.10. The first kappa shape index (κ1) is 14.8. The van der Waals surface area contributed by atoms with Crippen LogP contribution < -0.4 is 5.32 Å². The van der Waals surface area contributed by atoms with Crippen LogP contribution in [0.3, 0.4) is 0 Å². The lowest BCUT2D eigenvalue weighted by molar-refractivity contribution is 0.559. The van der Waals surface area contributed by atoms with Crippen molar-refractivity contribution in [2.45, 2.75) is 6.54 Å². The van der Waals surface area contributed by atoms with Crippen molar-refractivity contribution in [3.8, 4) is 6.07 Å². The van der Waals surface area contributed by atoms with Gasteiger partial charge >= 0.3 is 0 Å². The summed E-state index contributed by atoms with van der Waals surface area (Å²) in [6.07, 6.45) is 0. The molecule has 1 N–H and O–H groups in total. The van der Waals surface area contributed by atoms with Crippen LogP contribution in [-0.2, 0) is 6.54 Å². The summed E-state index contributed by atoms with van der Waals surface area (Å²) in [7, 11) is 0. The monoisotopic (exact) mass is 356 g/mol. The Labute approximate surface area is 128 Å². The second kappa shape index (κ2) is 6.21. The summed E-state index contributed by atoms with van der Waals surface area (Å²) in [5.41, 5.74) is 0.369. The predicted molar refractivity (Wildman–Crippen MR) is 77.6 cm³/mol. The minimum absolute atomic E-state index is 0.0516. The summed E-state index contributed by atoms with van der Waals surface area (Å²) < 4.78 is 28.2. The van der Waals surface area contributed by atoms with Gasteiger partial charge < -0.3 is 5.32 Å². The molecule has 0 saturated carbocycles. The molecule has 0 amide bonds. The lowest BCUT2D eigenvalue weighted by Gasteiger charge is -2.10. The first-order valence-electron chi connectivity index (χ1n) is 5.58. The molecule has 0 heterocycles. The minimum atomic E-state index is -0.764. The Morgan fingerprint density at radius 2 is 1.85 bits per heavy atom. The first-order chi connectivity index (χ1) is 9.51. The van der Waals surface area contributed by atoms with Crippen LogP contribution in [0.25, 0.3) is 0 Å². The van der Waals surface area contributed by atoms with E-state index in [0.717, 1.165) is 16.6 Å². The van der Waals surface area contributed by atoms with Crippen molar-refractivity contribution in [2.24, 2.45) is 0 Å². The number of rotatable bonds is 3. The summed E-state index contributed by atoms with van der Waals surface area (Å²) in [5, 5.41) is 11.9. The van der Waals surface area contributed by atoms with Gasteiger partial charge in [0.1, 0.15) is 11.6 Å². The molecule has 2 rings (SSSR count). The molecule has 6 heteroatoms. The van der Waals surface area contributed by atoms with Gasteiger partial charge in [-0.25, -0.2) is 8.78 Å². The van der Waals surface area contributed by atoms with Crippen molar-refractivity contribution in [3.63, 3.8) is 0 Å². The molecular weight excluding hydrogens is 350 g/mol. The Bertz CT molecular complexity index is 675. The fourth-order valence-electron chi connectivity index (χ4n) is 1.65. The Balaban J connectivity index is 2.23. The Morgan fingerprint density at radius 1 is 1.20 bits per heavy atom. The van der Waals surface area contributed by atoms with E-state index in [1.807, 2.05) is 0 Å². The van der Waals surface area contributed by atoms with Crippen LogP contribution in [0.2, 0.25) is 5.02 Å². The lowest BCUT2D eigenvalue weighted by atomic mass is 10.1. The largest absolute Gasteiger partial charge is 0.380 e. The van der Waals surface area contributed by atoms with Crippen molar-refractivity contribution in [1.29, 1.82) is 5.26 Å². The molecule has 0 bridgehead atoms. The molecule has 2 aromatic rings. The van der Waals surface area contributed by atoms with E-state index in [1.165, 1.54) is 0 Å². The Hall–Kier alpha value is -1.64. The second-order valence-electron chi connectivity index (χ2n) is 4.01. The fourth-order valence-corrected chi connectivity index (χ4v) is 2.20. The SMILES string of the molecule is N#Cc1cc(F)c(CNc2cc(Br)ccc2Cl)c(F)c1. The third-order valence-electron chi connectivity index (χ3n) is 2.65. The van der Waals surface area contributed by atoms with Crippen molar-refractivity contribution in [1.82, 2.24) is 0 Å². The molecule has 0 atom stereocenters. The van der Waals surface area contributed by atoms with E-state index in [1.54, 1.807) is 24.3 Å². The normalized spacial score (nSPS) is 10.2. The third-order valence-corrected chi connectivity index (χ3v) is 3.48. The molecule has 0 radical (unpaired) electrons. The number of nitrogens with zero attached hydrogens (tertiary/aromatic N) is 1. The van der Waals surface area contributed by atoms with Crippen LogP contribution in [0.1, 0.15) is 11.1 Å². The van der Waals surface area contributed by atoms with Gasteiger partial charge in [0.2, 0.25) is 0 Å². The third kappa shape index (κ3) is 3.27. The summed E-state index contributed by atoms with van der Waals surface area (Å²) in [6, 6.07) is 8.84. The molecule has 102 valence electrons. The molecule has 20 heavy (non-hydrogen) atoms. The van der Waals surface area contributed by atoms with Crippen molar-refractivity contribution in [2.75, 3.05) is 5.32 Å². The van der Waals surface area contributed by atoms with E-state index in [-0.39, 0.29) is 17.7 Å². The van der Waals surface area contributed by atoms with E-state index in [9.17, 15) is 8.78 Å². The topological polar surface area (TPSA) is 35.8 Å². The van der Waals surface area contributed by atoms with E-state index in [4.69, 9.17) is 16.9 Å². The van der Waals surface area contributed by atoms with E-state index >= 15 is 0 Å². The average molecular weight is 358 g/mol.